The number of unbranched alkanes of at least 4 members (excludes halogenated alkanes) is 1. The summed E-state index contributed by atoms with van der Waals surface area (Å²) in [6.45, 7) is 2.90. The zero-order chi connectivity index (χ0) is 33.7. The lowest BCUT2D eigenvalue weighted by molar-refractivity contribution is 0.139. The van der Waals surface area contributed by atoms with Gasteiger partial charge in [-0.25, -0.2) is 19.3 Å². The van der Waals surface area contributed by atoms with Crippen molar-refractivity contribution in [1.29, 1.82) is 0 Å². The first-order valence-corrected chi connectivity index (χ1v) is 17.3. The van der Waals surface area contributed by atoms with E-state index in [0.717, 1.165) is 58.9 Å². The van der Waals surface area contributed by atoms with Crippen LogP contribution in [0.25, 0.3) is 22.3 Å². The van der Waals surface area contributed by atoms with E-state index in [1.165, 1.54) is 5.56 Å². The molecule has 0 spiro atoms. The third kappa shape index (κ3) is 9.77. The number of benzene rings is 3. The molecule has 0 unspecified atom stereocenters. The van der Waals surface area contributed by atoms with Crippen molar-refractivity contribution in [2.24, 2.45) is 0 Å². The number of rotatable bonds is 16. The topological polar surface area (TPSA) is 124 Å². The monoisotopic (exact) mass is 677 g/mol. The summed E-state index contributed by atoms with van der Waals surface area (Å²) in [7, 11) is 0. The zero-order valence-electron chi connectivity index (χ0n) is 27.2. The highest BCUT2D eigenvalue weighted by Gasteiger charge is 2.20. The van der Waals surface area contributed by atoms with Crippen molar-refractivity contribution in [2.75, 3.05) is 32.8 Å². The normalized spacial score (nSPS) is 12.7. The van der Waals surface area contributed by atoms with Crippen molar-refractivity contribution in [1.82, 2.24) is 35.5 Å². The maximum atomic E-state index is 12.0. The molecule has 0 atom stereocenters. The molecule has 12 heteroatoms. The fourth-order valence-corrected chi connectivity index (χ4v) is 6.11. The molecule has 49 heavy (non-hydrogen) atoms. The van der Waals surface area contributed by atoms with E-state index < -0.39 is 6.09 Å². The molecule has 2 aromatic heterocycles. The summed E-state index contributed by atoms with van der Waals surface area (Å²) < 4.78 is 13.3. The molecule has 1 aliphatic heterocycles. The minimum absolute atomic E-state index is 0.0710. The molecule has 1 saturated heterocycles. The maximum Gasteiger partial charge on any atom is 0.407 e. The van der Waals surface area contributed by atoms with Gasteiger partial charge in [-0.05, 0) is 55.0 Å². The number of carbonyl (C=O) groups excluding carboxylic acids is 2. The number of hydrogen-bond acceptors (Lipinski definition) is 8. The number of nitrogens with zero attached hydrogens (tertiary/aromatic N) is 5. The van der Waals surface area contributed by atoms with E-state index >= 15 is 0 Å². The smallest absolute Gasteiger partial charge is 0.407 e. The highest BCUT2D eigenvalue weighted by molar-refractivity contribution is 7.13. The van der Waals surface area contributed by atoms with Crippen LogP contribution >= 0.6 is 11.3 Å². The van der Waals surface area contributed by atoms with E-state index in [4.69, 9.17) is 14.5 Å². The van der Waals surface area contributed by atoms with Gasteiger partial charge in [0.25, 0.3) is 0 Å². The van der Waals surface area contributed by atoms with Gasteiger partial charge in [-0.3, -0.25) is 0 Å². The Morgan fingerprint density at radius 2 is 1.84 bits per heavy atom. The SMILES string of the molecule is O=C(NCCCCc1cn(-c2ccc(-c3nc(/C=C/Cc4ccccc4)cs3)c(OCCN3CCNC3=O)c2)nn1)OCc1ccccc1. The van der Waals surface area contributed by atoms with Gasteiger partial charge in [0.1, 0.15) is 24.0 Å². The average Bonchev–Trinajstić information content (AvgIpc) is 3.90. The Kier molecular flexibility index (Phi) is 11.6. The number of nitrogens with one attached hydrogen (secondary N) is 2. The largest absolute Gasteiger partial charge is 0.491 e. The molecular weight excluding hydrogens is 639 g/mol. The zero-order valence-corrected chi connectivity index (χ0v) is 28.0. The van der Waals surface area contributed by atoms with E-state index in [1.54, 1.807) is 20.9 Å². The lowest BCUT2D eigenvalue weighted by Crippen LogP contribution is -2.31. The number of aromatic nitrogens is 4. The number of aryl methyl sites for hydroxylation is 1. The number of urea groups is 1. The molecule has 3 amide bonds. The second-order valence-electron chi connectivity index (χ2n) is 11.5. The standard InChI is InChI=1S/C37H39N7O4S/c45-36-38-20-21-43(36)22-23-47-34-24-32(17-18-33(34)35-40-31(27-49-35)16-9-14-28-10-3-1-4-11-28)44-25-30(41-42-44)15-7-8-19-39-37(46)48-26-29-12-5-2-6-13-29/h1-6,9-13,16-18,24-25,27H,7-8,14-15,19-23,26H2,(H,38,45)(H,39,46)/b16-9+. The first kappa shape index (κ1) is 33.4. The summed E-state index contributed by atoms with van der Waals surface area (Å²) in [5.74, 6) is 0.661. The van der Waals surface area contributed by atoms with Crippen molar-refractivity contribution in [3.63, 3.8) is 0 Å². The van der Waals surface area contributed by atoms with Crippen LogP contribution in [0, 0.1) is 0 Å². The van der Waals surface area contributed by atoms with Crippen LogP contribution in [0.4, 0.5) is 9.59 Å². The maximum absolute atomic E-state index is 12.0. The summed E-state index contributed by atoms with van der Waals surface area (Å²) in [6, 6.07) is 25.8. The Morgan fingerprint density at radius 3 is 2.63 bits per heavy atom. The minimum atomic E-state index is -0.423. The van der Waals surface area contributed by atoms with Crippen LogP contribution in [-0.2, 0) is 24.2 Å². The quantitative estimate of drug-likeness (QED) is 0.118. The molecular formula is C37H39N7O4S. The molecule has 11 nitrogen and oxygen atoms in total. The lowest BCUT2D eigenvalue weighted by atomic mass is 10.1. The van der Waals surface area contributed by atoms with E-state index in [1.807, 2.05) is 84.4 Å². The number of ether oxygens (including phenoxy) is 2. The van der Waals surface area contributed by atoms with Gasteiger partial charge in [-0.1, -0.05) is 72.0 Å². The number of allylic oxidation sites excluding steroid dienone is 1. The van der Waals surface area contributed by atoms with Gasteiger partial charge in [0.2, 0.25) is 0 Å². The Morgan fingerprint density at radius 1 is 1.02 bits per heavy atom. The van der Waals surface area contributed by atoms with Crippen LogP contribution in [0.1, 0.15) is 35.4 Å². The van der Waals surface area contributed by atoms with Gasteiger partial charge in [-0.15, -0.1) is 16.4 Å². The second kappa shape index (κ2) is 17.1. The van der Waals surface area contributed by atoms with Gasteiger partial charge in [0, 0.05) is 31.1 Å². The first-order chi connectivity index (χ1) is 24.1. The average molecular weight is 678 g/mol. The third-order valence-corrected chi connectivity index (χ3v) is 8.81. The number of amides is 3. The molecule has 0 saturated carbocycles. The van der Waals surface area contributed by atoms with Gasteiger partial charge in [0.15, 0.2) is 0 Å². The Bertz CT molecular complexity index is 1840. The Balaban J connectivity index is 1.05. The van der Waals surface area contributed by atoms with Crippen molar-refractivity contribution >= 4 is 29.5 Å². The summed E-state index contributed by atoms with van der Waals surface area (Å²) in [6.07, 6.45) is 8.82. The number of carbonyl (C=O) groups is 2. The Hall–Kier alpha value is -5.49. The second-order valence-corrected chi connectivity index (χ2v) is 12.4. The molecule has 0 radical (unpaired) electrons. The van der Waals surface area contributed by atoms with Crippen molar-refractivity contribution in [3.05, 3.63) is 119 Å². The third-order valence-electron chi connectivity index (χ3n) is 7.91. The molecule has 3 heterocycles. The molecule has 0 aliphatic carbocycles. The number of hydrogen-bond donors (Lipinski definition) is 2. The first-order valence-electron chi connectivity index (χ1n) is 16.4. The number of thiazole rings is 1. The molecule has 252 valence electrons. The highest BCUT2D eigenvalue weighted by Crippen LogP contribution is 2.34. The molecule has 0 bridgehead atoms. The molecule has 2 N–H and O–H groups in total. The molecule has 3 aromatic carbocycles. The van der Waals surface area contributed by atoms with Crippen LogP contribution in [0.2, 0.25) is 0 Å². The molecule has 6 rings (SSSR count). The summed E-state index contributed by atoms with van der Waals surface area (Å²) in [5.41, 5.74) is 5.61. The van der Waals surface area contributed by atoms with Gasteiger partial charge >= 0.3 is 12.1 Å². The summed E-state index contributed by atoms with van der Waals surface area (Å²) in [4.78, 5) is 30.7. The molecule has 1 aliphatic rings. The van der Waals surface area contributed by atoms with Crippen LogP contribution in [-0.4, -0.2) is 69.8 Å². The van der Waals surface area contributed by atoms with Crippen LogP contribution in [0.3, 0.4) is 0 Å². The van der Waals surface area contributed by atoms with Crippen LogP contribution in [0.15, 0.2) is 96.5 Å². The van der Waals surface area contributed by atoms with Crippen molar-refractivity contribution in [2.45, 2.75) is 32.3 Å². The fraction of sp³-hybridized carbons (Fsp3) is 0.270. The highest BCUT2D eigenvalue weighted by atomic mass is 32.1. The van der Waals surface area contributed by atoms with E-state index in [0.29, 0.717) is 38.5 Å². The summed E-state index contributed by atoms with van der Waals surface area (Å²) >= 11 is 1.56. The molecule has 5 aromatic rings. The van der Waals surface area contributed by atoms with E-state index in [2.05, 4.69) is 39.2 Å². The van der Waals surface area contributed by atoms with Crippen molar-refractivity contribution in [3.8, 4) is 22.0 Å². The predicted molar refractivity (Wildman–Crippen MR) is 190 cm³/mol. The van der Waals surface area contributed by atoms with Crippen LogP contribution < -0.4 is 15.4 Å². The van der Waals surface area contributed by atoms with Gasteiger partial charge < -0.3 is 25.0 Å². The van der Waals surface area contributed by atoms with Crippen molar-refractivity contribution < 1.29 is 19.1 Å². The van der Waals surface area contributed by atoms with E-state index in [-0.39, 0.29) is 12.6 Å². The van der Waals surface area contributed by atoms with Gasteiger partial charge in [-0.2, -0.15) is 0 Å². The van der Waals surface area contributed by atoms with Gasteiger partial charge in [0.05, 0.1) is 35.4 Å². The minimum Gasteiger partial charge on any atom is -0.491 e. The van der Waals surface area contributed by atoms with Crippen LogP contribution in [0.5, 0.6) is 5.75 Å². The fourth-order valence-electron chi connectivity index (χ4n) is 5.29. The Labute approximate surface area is 289 Å². The lowest BCUT2D eigenvalue weighted by Gasteiger charge is -2.16. The summed E-state index contributed by atoms with van der Waals surface area (Å²) in [5, 5.41) is 17.2. The van der Waals surface area contributed by atoms with E-state index in [9.17, 15) is 9.59 Å². The predicted octanol–water partition coefficient (Wildman–Crippen LogP) is 6.30. The molecule has 1 fully saturated rings. The number of alkyl carbamates (subject to hydrolysis) is 1.